The van der Waals surface area contributed by atoms with E-state index in [4.69, 9.17) is 15.2 Å². The normalized spacial score (nSPS) is 10.6. The number of nitrogens with two attached hydrogens (primary N) is 1. The minimum absolute atomic E-state index is 0.429. The van der Waals surface area contributed by atoms with E-state index in [-0.39, 0.29) is 0 Å². The Morgan fingerprint density at radius 3 is 2.55 bits per heavy atom. The molecule has 0 bridgehead atoms. The summed E-state index contributed by atoms with van der Waals surface area (Å²) < 4.78 is 10.7. The Morgan fingerprint density at radius 2 is 1.90 bits per heavy atom. The molecule has 6 nitrogen and oxygen atoms in total. The van der Waals surface area contributed by atoms with Gasteiger partial charge in [-0.05, 0) is 12.8 Å². The maximum Gasteiger partial charge on any atom is 0.242 e. The van der Waals surface area contributed by atoms with Gasteiger partial charge >= 0.3 is 0 Å². The number of hydrogen-bond acceptors (Lipinski definition) is 6. The average molecular weight is 282 g/mol. The first kappa shape index (κ1) is 16.5. The second-order valence-corrected chi connectivity index (χ2v) is 4.51. The molecule has 0 spiro atoms. The Kier molecular flexibility index (Phi) is 7.72. The molecule has 1 aromatic heterocycles. The molecule has 0 saturated heterocycles. The molecule has 0 fully saturated rings. The van der Waals surface area contributed by atoms with Crippen molar-refractivity contribution in [3.8, 4) is 5.88 Å². The number of nitrogen functional groups attached to an aromatic ring is 1. The van der Waals surface area contributed by atoms with E-state index in [1.807, 2.05) is 6.92 Å². The molecule has 1 aromatic rings. The van der Waals surface area contributed by atoms with Crippen LogP contribution in [0, 0.1) is 0 Å². The highest BCUT2D eigenvalue weighted by molar-refractivity contribution is 5.66. The van der Waals surface area contributed by atoms with E-state index in [9.17, 15) is 0 Å². The third-order valence-corrected chi connectivity index (χ3v) is 2.87. The summed E-state index contributed by atoms with van der Waals surface area (Å²) in [5.41, 5.74) is 6.41. The summed E-state index contributed by atoms with van der Waals surface area (Å²) in [5, 5.41) is 3.22. The number of aromatic nitrogens is 2. The lowest BCUT2D eigenvalue weighted by atomic mass is 10.3. The molecule has 1 rings (SSSR count). The highest BCUT2D eigenvalue weighted by Gasteiger charge is 2.10. The van der Waals surface area contributed by atoms with Gasteiger partial charge in [-0.25, -0.2) is 4.98 Å². The monoisotopic (exact) mass is 282 g/mol. The van der Waals surface area contributed by atoms with Gasteiger partial charge in [0.2, 0.25) is 5.88 Å². The summed E-state index contributed by atoms with van der Waals surface area (Å²) >= 11 is 0. The molecule has 0 saturated carbocycles. The summed E-state index contributed by atoms with van der Waals surface area (Å²) in [5.74, 6) is 1.79. The molecule has 3 N–H and O–H groups in total. The third-order valence-electron chi connectivity index (χ3n) is 2.87. The molecule has 0 aliphatic carbocycles. The van der Waals surface area contributed by atoms with E-state index in [1.54, 1.807) is 7.11 Å². The highest BCUT2D eigenvalue weighted by atomic mass is 16.5. The summed E-state index contributed by atoms with van der Waals surface area (Å²) in [6.45, 7) is 6.49. The van der Waals surface area contributed by atoms with Gasteiger partial charge in [0, 0.05) is 26.2 Å². The van der Waals surface area contributed by atoms with Crippen molar-refractivity contribution in [2.45, 2.75) is 39.5 Å². The lowest BCUT2D eigenvalue weighted by molar-refractivity contribution is 0.131. The molecule has 0 amide bonds. The van der Waals surface area contributed by atoms with E-state index < -0.39 is 0 Å². The van der Waals surface area contributed by atoms with Crippen LogP contribution in [-0.4, -0.2) is 36.8 Å². The third kappa shape index (κ3) is 5.21. The number of methoxy groups -OCH3 is 1. The zero-order chi connectivity index (χ0) is 14.8. The Hall–Kier alpha value is -1.56. The van der Waals surface area contributed by atoms with Crippen LogP contribution < -0.4 is 15.8 Å². The zero-order valence-electron chi connectivity index (χ0n) is 12.7. The Balaban J connectivity index is 2.43. The SMILES string of the molecule is CCCCOCCCNc1nc(CC)nc(OC)c1N. The minimum atomic E-state index is 0.429. The molecule has 0 radical (unpaired) electrons. The fourth-order valence-electron chi connectivity index (χ4n) is 1.67. The van der Waals surface area contributed by atoms with E-state index in [1.165, 1.54) is 0 Å². The molecule has 114 valence electrons. The number of unbranched alkanes of at least 4 members (excludes halogenated alkanes) is 1. The quantitative estimate of drug-likeness (QED) is 0.640. The summed E-state index contributed by atoms with van der Waals surface area (Å²) in [4.78, 5) is 8.60. The van der Waals surface area contributed by atoms with Crippen LogP contribution in [-0.2, 0) is 11.2 Å². The highest BCUT2D eigenvalue weighted by Crippen LogP contribution is 2.25. The topological polar surface area (TPSA) is 82.3 Å². The predicted octanol–water partition coefficient (Wildman–Crippen LogP) is 2.25. The van der Waals surface area contributed by atoms with Crippen LogP contribution in [0.3, 0.4) is 0 Å². The number of nitrogens with one attached hydrogen (secondary N) is 1. The van der Waals surface area contributed by atoms with Crippen molar-refractivity contribution in [3.05, 3.63) is 5.82 Å². The molecule has 0 atom stereocenters. The second kappa shape index (κ2) is 9.36. The van der Waals surface area contributed by atoms with Gasteiger partial charge in [-0.3, -0.25) is 0 Å². The van der Waals surface area contributed by atoms with Gasteiger partial charge in [0.05, 0.1) is 7.11 Å². The predicted molar refractivity (Wildman–Crippen MR) is 81.2 cm³/mol. The Bertz CT molecular complexity index is 399. The van der Waals surface area contributed by atoms with Crippen LogP contribution in [0.5, 0.6) is 5.88 Å². The van der Waals surface area contributed by atoms with Crippen LogP contribution in [0.2, 0.25) is 0 Å². The number of rotatable bonds is 10. The molecule has 1 heterocycles. The van der Waals surface area contributed by atoms with E-state index in [0.717, 1.165) is 51.3 Å². The van der Waals surface area contributed by atoms with Gasteiger partial charge in [-0.1, -0.05) is 20.3 Å². The second-order valence-electron chi connectivity index (χ2n) is 4.51. The van der Waals surface area contributed by atoms with Gasteiger partial charge < -0.3 is 20.5 Å². The first-order valence-electron chi connectivity index (χ1n) is 7.24. The zero-order valence-corrected chi connectivity index (χ0v) is 12.7. The maximum absolute atomic E-state index is 5.95. The molecular formula is C14H26N4O2. The molecular weight excluding hydrogens is 256 g/mol. The van der Waals surface area contributed by atoms with Crippen LogP contribution in [0.1, 0.15) is 38.9 Å². The van der Waals surface area contributed by atoms with Crippen molar-refractivity contribution in [2.75, 3.05) is 37.9 Å². The van der Waals surface area contributed by atoms with E-state index in [2.05, 4.69) is 22.2 Å². The lowest BCUT2D eigenvalue weighted by Gasteiger charge is -2.12. The van der Waals surface area contributed by atoms with Crippen molar-refractivity contribution in [1.82, 2.24) is 9.97 Å². The number of hydrogen-bond donors (Lipinski definition) is 2. The summed E-state index contributed by atoms with van der Waals surface area (Å²) in [7, 11) is 1.56. The molecule has 20 heavy (non-hydrogen) atoms. The summed E-state index contributed by atoms with van der Waals surface area (Å²) in [6.07, 6.45) is 3.93. The van der Waals surface area contributed by atoms with Gasteiger partial charge in [-0.15, -0.1) is 0 Å². The van der Waals surface area contributed by atoms with Crippen molar-refractivity contribution in [1.29, 1.82) is 0 Å². The van der Waals surface area contributed by atoms with Crippen LogP contribution in [0.15, 0.2) is 0 Å². The largest absolute Gasteiger partial charge is 0.479 e. The molecule has 0 aliphatic rings. The molecule has 0 aliphatic heterocycles. The van der Waals surface area contributed by atoms with Crippen LogP contribution >= 0.6 is 0 Å². The van der Waals surface area contributed by atoms with Crippen LogP contribution in [0.25, 0.3) is 0 Å². The van der Waals surface area contributed by atoms with Crippen molar-refractivity contribution in [2.24, 2.45) is 0 Å². The molecule has 0 aromatic carbocycles. The van der Waals surface area contributed by atoms with Gasteiger partial charge in [-0.2, -0.15) is 4.98 Å². The minimum Gasteiger partial charge on any atom is -0.479 e. The maximum atomic E-state index is 5.95. The summed E-state index contributed by atoms with van der Waals surface area (Å²) in [6, 6.07) is 0. The first-order chi connectivity index (χ1) is 9.72. The van der Waals surface area contributed by atoms with Gasteiger partial charge in [0.1, 0.15) is 11.5 Å². The molecule has 0 unspecified atom stereocenters. The number of nitrogens with zero attached hydrogens (tertiary/aromatic N) is 2. The van der Waals surface area contributed by atoms with Crippen molar-refractivity contribution in [3.63, 3.8) is 0 Å². The smallest absolute Gasteiger partial charge is 0.242 e. The number of anilines is 2. The van der Waals surface area contributed by atoms with Gasteiger partial charge in [0.25, 0.3) is 0 Å². The Morgan fingerprint density at radius 1 is 1.15 bits per heavy atom. The van der Waals surface area contributed by atoms with E-state index >= 15 is 0 Å². The molecule has 6 heteroatoms. The van der Waals surface area contributed by atoms with Gasteiger partial charge in [0.15, 0.2) is 5.82 Å². The van der Waals surface area contributed by atoms with Crippen molar-refractivity contribution >= 4 is 11.5 Å². The standard InChI is InChI=1S/C14H26N4O2/c1-4-6-9-20-10-7-8-16-13-12(15)14(19-3)18-11(5-2)17-13/h4-10,15H2,1-3H3,(H,16,17,18). The van der Waals surface area contributed by atoms with E-state index in [0.29, 0.717) is 17.4 Å². The van der Waals surface area contributed by atoms with Crippen molar-refractivity contribution < 1.29 is 9.47 Å². The lowest BCUT2D eigenvalue weighted by Crippen LogP contribution is -2.12. The Labute approximate surface area is 121 Å². The fourth-order valence-corrected chi connectivity index (χ4v) is 1.67. The number of ether oxygens (including phenoxy) is 2. The van der Waals surface area contributed by atoms with Crippen LogP contribution in [0.4, 0.5) is 11.5 Å². The first-order valence-corrected chi connectivity index (χ1v) is 7.24. The average Bonchev–Trinajstić information content (AvgIpc) is 2.47. The number of aryl methyl sites for hydroxylation is 1. The fraction of sp³-hybridized carbons (Fsp3) is 0.714.